The summed E-state index contributed by atoms with van der Waals surface area (Å²) < 4.78 is 26.1. The first-order valence-corrected chi connectivity index (χ1v) is 7.78. The molecule has 20 heavy (non-hydrogen) atoms. The highest BCUT2D eigenvalue weighted by Gasteiger charge is 2.48. The molecule has 2 aliphatic heterocycles. The molecule has 0 bridgehead atoms. The molecule has 0 aliphatic carbocycles. The second-order valence-electron chi connectivity index (χ2n) is 4.59. The van der Waals surface area contributed by atoms with Gasteiger partial charge >= 0.3 is 13.6 Å². The van der Waals surface area contributed by atoms with Gasteiger partial charge in [0.15, 0.2) is 0 Å². The number of aromatic hydroxyl groups is 1. The van der Waals surface area contributed by atoms with Crippen LogP contribution in [0.2, 0.25) is 0 Å². The van der Waals surface area contributed by atoms with E-state index in [0.29, 0.717) is 18.8 Å². The molecule has 1 unspecified atom stereocenters. The van der Waals surface area contributed by atoms with Crippen LogP contribution in [-0.2, 0) is 13.8 Å². The molecule has 2 aliphatic rings. The molecule has 0 aromatic heterocycles. The molecule has 0 saturated carbocycles. The molecule has 1 N–H and O–H groups in total. The second kappa shape index (κ2) is 4.77. The highest BCUT2D eigenvalue weighted by atomic mass is 31.2. The van der Waals surface area contributed by atoms with Crippen LogP contribution in [0, 0.1) is 0 Å². The number of carbonyl (C=O) groups excluding carboxylic acids is 1. The number of ether oxygens (including phenoxy) is 1. The fourth-order valence-electron chi connectivity index (χ4n) is 2.21. The summed E-state index contributed by atoms with van der Waals surface area (Å²) in [7, 11) is -1.74. The summed E-state index contributed by atoms with van der Waals surface area (Å²) in [4.78, 5) is 11.4. The maximum atomic E-state index is 12.7. The van der Waals surface area contributed by atoms with Gasteiger partial charge in [0.1, 0.15) is 11.3 Å². The molecule has 2 fully saturated rings. The number of anilines is 1. The van der Waals surface area contributed by atoms with Crippen LogP contribution in [0.4, 0.5) is 5.69 Å². The maximum Gasteiger partial charge on any atom is 0.371 e. The van der Waals surface area contributed by atoms with Crippen molar-refractivity contribution in [2.45, 2.75) is 0 Å². The smallest absolute Gasteiger partial charge is 0.371 e. The average molecular weight is 298 g/mol. The Kier molecular flexibility index (Phi) is 3.20. The Morgan fingerprint density at radius 3 is 2.75 bits per heavy atom. The Morgan fingerprint density at radius 1 is 1.40 bits per heavy atom. The van der Waals surface area contributed by atoms with E-state index >= 15 is 0 Å². The number of methoxy groups -OCH3 is 1. The van der Waals surface area contributed by atoms with Crippen LogP contribution in [0.5, 0.6) is 5.75 Å². The highest BCUT2D eigenvalue weighted by molar-refractivity contribution is 7.58. The van der Waals surface area contributed by atoms with Gasteiger partial charge in [-0.2, -0.15) is 0 Å². The third-order valence-electron chi connectivity index (χ3n) is 3.33. The van der Waals surface area contributed by atoms with Crippen LogP contribution < -0.4 is 4.67 Å². The summed E-state index contributed by atoms with van der Waals surface area (Å²) in [5.41, 5.74) is 0.654. The fraction of sp³-hybridized carbons (Fsp3) is 0.417. The van der Waals surface area contributed by atoms with E-state index in [-0.39, 0.29) is 11.3 Å². The molecule has 0 amide bonds. The molecule has 2 saturated heterocycles. The number of benzene rings is 1. The first kappa shape index (κ1) is 13.4. The molecule has 108 valence electrons. The van der Waals surface area contributed by atoms with Gasteiger partial charge in [-0.3, -0.25) is 9.19 Å². The third-order valence-corrected chi connectivity index (χ3v) is 6.01. The van der Waals surface area contributed by atoms with E-state index in [0.717, 1.165) is 13.1 Å². The van der Waals surface area contributed by atoms with Gasteiger partial charge in [0.05, 0.1) is 20.3 Å². The predicted octanol–water partition coefficient (Wildman–Crippen LogP) is 1.44. The molecule has 3 rings (SSSR count). The Morgan fingerprint density at radius 2 is 2.15 bits per heavy atom. The number of hydrogen-bond donors (Lipinski definition) is 1. The Bertz CT molecular complexity index is 602. The summed E-state index contributed by atoms with van der Waals surface area (Å²) in [6.45, 7) is 2.37. The maximum absolute atomic E-state index is 12.7. The average Bonchev–Trinajstić information content (AvgIpc) is 3.22. The third kappa shape index (κ3) is 2.08. The van der Waals surface area contributed by atoms with Crippen LogP contribution in [0.25, 0.3) is 0 Å². The number of rotatable bonds is 3. The van der Waals surface area contributed by atoms with E-state index in [1.165, 1.54) is 19.2 Å². The zero-order chi connectivity index (χ0) is 14.3. The van der Waals surface area contributed by atoms with Gasteiger partial charge in [-0.25, -0.2) is 14.0 Å². The predicted molar refractivity (Wildman–Crippen MR) is 71.9 cm³/mol. The van der Waals surface area contributed by atoms with Crippen molar-refractivity contribution < 1.29 is 23.7 Å². The van der Waals surface area contributed by atoms with Crippen LogP contribution in [-0.4, -0.2) is 49.1 Å². The van der Waals surface area contributed by atoms with Gasteiger partial charge in [0.25, 0.3) is 0 Å². The van der Waals surface area contributed by atoms with Gasteiger partial charge < -0.3 is 9.84 Å². The lowest BCUT2D eigenvalue weighted by atomic mass is 10.2. The normalized spacial score (nSPS) is 25.8. The lowest BCUT2D eigenvalue weighted by Crippen LogP contribution is -2.18. The minimum absolute atomic E-state index is 0.0814. The largest absolute Gasteiger partial charge is 0.507 e. The van der Waals surface area contributed by atoms with Crippen LogP contribution >= 0.6 is 7.67 Å². The SMILES string of the molecule is COC(=O)c1ccc(N2CCOP2(=O)N2CC2)cc1O. The highest BCUT2D eigenvalue weighted by Crippen LogP contribution is 2.62. The second-order valence-corrected chi connectivity index (χ2v) is 6.88. The lowest BCUT2D eigenvalue weighted by molar-refractivity contribution is 0.0597. The fourth-order valence-corrected chi connectivity index (χ4v) is 4.49. The van der Waals surface area contributed by atoms with Gasteiger partial charge in [-0.05, 0) is 12.1 Å². The van der Waals surface area contributed by atoms with Crippen LogP contribution in [0.1, 0.15) is 10.4 Å². The van der Waals surface area contributed by atoms with Gasteiger partial charge in [-0.1, -0.05) is 0 Å². The number of hydrogen-bond acceptors (Lipinski definition) is 5. The molecule has 1 atom stereocenters. The number of carbonyl (C=O) groups is 1. The topological polar surface area (TPSA) is 79.1 Å². The molecular weight excluding hydrogens is 283 g/mol. The minimum atomic E-state index is -2.99. The minimum Gasteiger partial charge on any atom is -0.507 e. The standard InChI is InChI=1S/C12H15N2O5P/c1-18-12(16)10-3-2-9(8-11(10)15)14-6-7-19-20(14,17)13-4-5-13/h2-3,8,15H,4-7H2,1H3. The molecular formula is C12H15N2O5P. The Labute approximate surface area is 116 Å². The van der Waals surface area contributed by atoms with Crippen molar-refractivity contribution in [1.29, 1.82) is 0 Å². The first-order chi connectivity index (χ1) is 9.56. The number of phenols is 1. The molecule has 0 radical (unpaired) electrons. The lowest BCUT2D eigenvalue weighted by Gasteiger charge is -2.25. The first-order valence-electron chi connectivity index (χ1n) is 6.25. The van der Waals surface area contributed by atoms with E-state index in [9.17, 15) is 14.5 Å². The molecule has 2 heterocycles. The Hall–Kier alpha value is -1.56. The summed E-state index contributed by atoms with van der Waals surface area (Å²) >= 11 is 0. The van der Waals surface area contributed by atoms with Crippen LogP contribution in [0.3, 0.4) is 0 Å². The van der Waals surface area contributed by atoms with Gasteiger partial charge in [-0.15, -0.1) is 0 Å². The zero-order valence-electron chi connectivity index (χ0n) is 11.0. The van der Waals surface area contributed by atoms with E-state index in [2.05, 4.69) is 4.74 Å². The van der Waals surface area contributed by atoms with Crippen molar-refractivity contribution in [2.24, 2.45) is 0 Å². The zero-order valence-corrected chi connectivity index (χ0v) is 11.9. The van der Waals surface area contributed by atoms with Crippen molar-refractivity contribution in [2.75, 3.05) is 38.0 Å². The van der Waals surface area contributed by atoms with Crippen molar-refractivity contribution >= 4 is 19.3 Å². The van der Waals surface area contributed by atoms with E-state index in [1.54, 1.807) is 15.4 Å². The monoisotopic (exact) mass is 298 g/mol. The van der Waals surface area contributed by atoms with Crippen molar-refractivity contribution in [3.8, 4) is 5.75 Å². The summed E-state index contributed by atoms with van der Waals surface area (Å²) in [5, 5.41) is 9.91. The molecule has 1 aromatic carbocycles. The molecule has 7 nitrogen and oxygen atoms in total. The quantitative estimate of drug-likeness (QED) is 0.514. The van der Waals surface area contributed by atoms with Crippen molar-refractivity contribution in [3.05, 3.63) is 23.8 Å². The number of nitrogens with zero attached hydrogens (tertiary/aromatic N) is 2. The Balaban J connectivity index is 1.93. The van der Waals surface area contributed by atoms with E-state index < -0.39 is 13.6 Å². The van der Waals surface area contributed by atoms with Crippen molar-refractivity contribution in [3.63, 3.8) is 0 Å². The summed E-state index contributed by atoms with van der Waals surface area (Å²) in [6, 6.07) is 4.51. The molecule has 0 spiro atoms. The van der Waals surface area contributed by atoms with Crippen molar-refractivity contribution in [1.82, 2.24) is 4.67 Å². The summed E-state index contributed by atoms with van der Waals surface area (Å²) in [5.74, 6) is -0.806. The number of esters is 1. The van der Waals surface area contributed by atoms with Gasteiger partial charge in [0.2, 0.25) is 0 Å². The summed E-state index contributed by atoms with van der Waals surface area (Å²) in [6.07, 6.45) is 0. The van der Waals surface area contributed by atoms with Crippen LogP contribution in [0.15, 0.2) is 18.2 Å². The van der Waals surface area contributed by atoms with E-state index in [4.69, 9.17) is 4.52 Å². The molecule has 1 aromatic rings. The molecule has 8 heteroatoms. The number of phenolic OH excluding ortho intramolecular Hbond substituents is 1. The van der Waals surface area contributed by atoms with Gasteiger partial charge in [0, 0.05) is 24.8 Å². The van der Waals surface area contributed by atoms with E-state index in [1.807, 2.05) is 0 Å².